The molecular weight excluding hydrogens is 1790 g/mol. The maximum absolute atomic E-state index is 6.47. The first kappa shape index (κ1) is 87.2. The van der Waals surface area contributed by atoms with Crippen molar-refractivity contribution < 1.29 is 4.74 Å². The van der Waals surface area contributed by atoms with Crippen molar-refractivity contribution in [3.8, 4) is 123 Å². The highest BCUT2D eigenvalue weighted by atomic mass is 32.2. The molecule has 0 saturated carbocycles. The topological polar surface area (TPSA) is 15.7 Å². The molecule has 0 N–H and O–H groups in total. The van der Waals surface area contributed by atoms with Crippen molar-refractivity contribution in [3.63, 3.8) is 0 Å². The molecule has 2 heterocycles. The molecule has 0 radical (unpaired) electrons. The quantitative estimate of drug-likeness (QED) is 0.134. The van der Waals surface area contributed by atoms with Gasteiger partial charge in [0.15, 0.2) is 11.5 Å². The molecule has 0 saturated heterocycles. The van der Waals surface area contributed by atoms with Crippen molar-refractivity contribution in [1.29, 1.82) is 0 Å². The van der Waals surface area contributed by atoms with Gasteiger partial charge in [0.25, 0.3) is 0 Å². The summed E-state index contributed by atoms with van der Waals surface area (Å²) in [5.74, 6) is 1.70. The summed E-state index contributed by atoms with van der Waals surface area (Å²) in [4.78, 5) is 7.46. The summed E-state index contributed by atoms with van der Waals surface area (Å²) in [5, 5.41) is 20.0. The molecule has 0 amide bonds. The SMILES string of the molecule is CC1(C)c2ccccc2-c2cc(-c3c4ccccc4c(-c4c5ccccc5cc5ccccc45)c4ccc(-c5ccccc5)cc34)ccc21.CC1(C)c2ccccc2-c2cc(-c3c4ccccc4c(N4c5ccccc5Oc5ccccc54)c4ccc(-c5ccccc5)cc34)ccc21.CC1(C)c2ccccc2-c2cc(-c3c4ccccc4c(N4c5ccccc5Sc5ccccc54)c4ccc(-c5ccccc5)cc34)ccc21. The van der Waals surface area contributed by atoms with E-state index in [0.717, 1.165) is 28.6 Å². The minimum Gasteiger partial charge on any atom is -0.453 e. The van der Waals surface area contributed by atoms with Gasteiger partial charge in [0.05, 0.1) is 34.1 Å². The van der Waals surface area contributed by atoms with Crippen molar-refractivity contribution in [2.75, 3.05) is 9.80 Å². The fourth-order valence-corrected chi connectivity index (χ4v) is 26.5. The Morgan fingerprint density at radius 3 is 0.823 bits per heavy atom. The van der Waals surface area contributed by atoms with Crippen LogP contribution >= 0.6 is 11.8 Å². The first-order valence-electron chi connectivity index (χ1n) is 51.3. The largest absolute Gasteiger partial charge is 0.453 e. The number of hydrogen-bond acceptors (Lipinski definition) is 4. The number of fused-ring (bicyclic) bond motifs is 21. The Bertz CT molecular complexity index is 9280. The minimum absolute atomic E-state index is 0.0334. The zero-order valence-corrected chi connectivity index (χ0v) is 83.4. The number of hydrogen-bond donors (Lipinski definition) is 0. The molecule has 0 fully saturated rings. The molecule has 3 nitrogen and oxygen atoms in total. The molecule has 0 bridgehead atoms. The van der Waals surface area contributed by atoms with Gasteiger partial charge in [0.2, 0.25) is 0 Å². The van der Waals surface area contributed by atoms with Crippen LogP contribution in [-0.4, -0.2) is 0 Å². The lowest BCUT2D eigenvalue weighted by atomic mass is 9.80. The lowest BCUT2D eigenvalue weighted by Crippen LogP contribution is -2.16. The fraction of sp³-hybridized carbons (Fsp3) is 0.0629. The normalized spacial score (nSPS) is 13.7. The van der Waals surface area contributed by atoms with Crippen molar-refractivity contribution in [2.45, 2.75) is 67.6 Å². The molecule has 0 unspecified atom stereocenters. The average Bonchev–Trinajstić information content (AvgIpc) is 1.50. The van der Waals surface area contributed by atoms with E-state index in [2.05, 4.69) is 537 Å². The van der Waals surface area contributed by atoms with Gasteiger partial charge in [-0.1, -0.05) is 460 Å². The number of ether oxygens (including phenoxy) is 1. The van der Waals surface area contributed by atoms with E-state index in [1.165, 1.54) is 258 Å². The predicted molar refractivity (Wildman–Crippen MR) is 624 cm³/mol. The van der Waals surface area contributed by atoms with Gasteiger partial charge in [-0.2, -0.15) is 0 Å². The van der Waals surface area contributed by atoms with E-state index in [1.807, 2.05) is 23.9 Å². The van der Waals surface area contributed by atoms with Gasteiger partial charge in [-0.05, 0) is 300 Å². The van der Waals surface area contributed by atoms with Gasteiger partial charge < -0.3 is 14.5 Å². The van der Waals surface area contributed by atoms with E-state index in [9.17, 15) is 0 Å². The van der Waals surface area contributed by atoms with E-state index in [1.54, 1.807) is 0 Å². The van der Waals surface area contributed by atoms with Crippen molar-refractivity contribution >= 4 is 132 Å². The lowest BCUT2D eigenvalue weighted by Gasteiger charge is -2.35. The Labute approximate surface area is 861 Å². The van der Waals surface area contributed by atoms with Crippen LogP contribution in [0, 0.1) is 0 Å². The van der Waals surface area contributed by atoms with Gasteiger partial charge >= 0.3 is 0 Å². The first-order valence-corrected chi connectivity index (χ1v) is 52.1. The zero-order chi connectivity index (χ0) is 98.1. The highest BCUT2D eigenvalue weighted by Gasteiger charge is 2.41. The molecule has 25 aromatic carbocycles. The summed E-state index contributed by atoms with van der Waals surface area (Å²) in [5.41, 5.74) is 40.7. The van der Waals surface area contributed by atoms with Crippen LogP contribution in [0.2, 0.25) is 0 Å². The van der Waals surface area contributed by atoms with Crippen LogP contribution in [-0.2, 0) is 16.2 Å². The molecule has 30 rings (SSSR count). The molecule has 147 heavy (non-hydrogen) atoms. The van der Waals surface area contributed by atoms with Gasteiger partial charge in [0, 0.05) is 47.6 Å². The molecule has 0 spiro atoms. The van der Waals surface area contributed by atoms with E-state index < -0.39 is 0 Å². The highest BCUT2D eigenvalue weighted by Crippen LogP contribution is 2.62. The standard InChI is InChI=1S/C49H34.C47H33NO.C47H33NS/c1-49(2)44-23-13-12-20-38(44)42-30-35(25-27-45(42)49)46-39-21-10-11-22-40(39)48(41-26-24-32(29-43(41)46)31-14-4-3-5-15-31)47-36-18-8-6-16-33(36)28-34-17-7-9-19-37(34)47;2*1-47(2)39-19-9-8-16-33(39)37-29-32(25-27-40(37)47)45-34-17-6-7-18-35(34)46(36-26-24-31(28-38(36)45)30-14-4-3-5-15-30)48-41-20-10-12-22-43(41)49-44-23-13-11-21-42(44)48/h3-30H,1-2H3;2*3-29H,1-2H3. The number of para-hydroxylation sites is 6. The lowest BCUT2D eigenvalue weighted by molar-refractivity contribution is 0.477. The summed E-state index contributed by atoms with van der Waals surface area (Å²) in [6, 6.07) is 183. The smallest absolute Gasteiger partial charge is 0.151 e. The van der Waals surface area contributed by atoms with E-state index >= 15 is 0 Å². The molecule has 2 aliphatic heterocycles. The fourth-order valence-electron chi connectivity index (χ4n) is 25.4. The third-order valence-electron chi connectivity index (χ3n) is 32.3. The third-order valence-corrected chi connectivity index (χ3v) is 33.4. The minimum atomic E-state index is -0.0456. The Morgan fingerprint density at radius 2 is 0.429 bits per heavy atom. The Kier molecular flexibility index (Phi) is 20.3. The van der Waals surface area contributed by atoms with E-state index in [0.29, 0.717) is 0 Å². The maximum atomic E-state index is 6.47. The Morgan fingerprint density at radius 1 is 0.170 bits per heavy atom. The summed E-state index contributed by atoms with van der Waals surface area (Å²) >= 11 is 1.86. The van der Waals surface area contributed by atoms with Crippen LogP contribution in [0.5, 0.6) is 11.5 Å². The number of nitrogens with zero attached hydrogens (tertiary/aromatic N) is 2. The van der Waals surface area contributed by atoms with Crippen LogP contribution in [0.15, 0.2) is 507 Å². The molecule has 0 atom stereocenters. The summed E-state index contributed by atoms with van der Waals surface area (Å²) in [7, 11) is 0. The predicted octanol–water partition coefficient (Wildman–Crippen LogP) is 40.4. The summed E-state index contributed by atoms with van der Waals surface area (Å²) < 4.78 is 6.47. The first-order chi connectivity index (χ1) is 72.2. The Hall–Kier alpha value is -17.7. The van der Waals surface area contributed by atoms with Crippen LogP contribution in [0.1, 0.15) is 74.9 Å². The van der Waals surface area contributed by atoms with Gasteiger partial charge in [-0.15, -0.1) is 0 Å². The van der Waals surface area contributed by atoms with Gasteiger partial charge in [0.1, 0.15) is 0 Å². The molecule has 25 aromatic rings. The third kappa shape index (κ3) is 13.9. The van der Waals surface area contributed by atoms with Gasteiger partial charge in [-0.3, -0.25) is 0 Å². The van der Waals surface area contributed by atoms with Crippen LogP contribution in [0.4, 0.5) is 34.1 Å². The molecule has 694 valence electrons. The van der Waals surface area contributed by atoms with Crippen LogP contribution < -0.4 is 14.5 Å². The van der Waals surface area contributed by atoms with Gasteiger partial charge in [-0.25, -0.2) is 0 Å². The average molecular weight is 1890 g/mol. The van der Waals surface area contributed by atoms with Crippen LogP contribution in [0.3, 0.4) is 0 Å². The molecule has 4 heteroatoms. The van der Waals surface area contributed by atoms with Crippen LogP contribution in [0.25, 0.3) is 197 Å². The van der Waals surface area contributed by atoms with Crippen molar-refractivity contribution in [3.05, 3.63) is 531 Å². The molecular formula is C143H100N2OS. The Balaban J connectivity index is 0.000000107. The van der Waals surface area contributed by atoms with E-state index in [-0.39, 0.29) is 16.2 Å². The second-order valence-corrected chi connectivity index (χ2v) is 42.5. The van der Waals surface area contributed by atoms with Crippen molar-refractivity contribution in [2.24, 2.45) is 0 Å². The second kappa shape index (κ2) is 34.3. The number of anilines is 6. The number of rotatable bonds is 9. The summed E-state index contributed by atoms with van der Waals surface area (Å²) in [6.07, 6.45) is 0. The summed E-state index contributed by atoms with van der Waals surface area (Å²) in [6.45, 7) is 14.1. The van der Waals surface area contributed by atoms with E-state index in [4.69, 9.17) is 4.74 Å². The maximum Gasteiger partial charge on any atom is 0.151 e. The molecule has 5 aliphatic rings. The molecule has 3 aliphatic carbocycles. The zero-order valence-electron chi connectivity index (χ0n) is 82.6. The van der Waals surface area contributed by atoms with Crippen molar-refractivity contribution in [1.82, 2.24) is 0 Å². The second-order valence-electron chi connectivity index (χ2n) is 41.4. The monoisotopic (exact) mass is 1890 g/mol. The highest BCUT2D eigenvalue weighted by molar-refractivity contribution is 7.99. The number of benzene rings is 25. The molecule has 0 aromatic heterocycles.